The summed E-state index contributed by atoms with van der Waals surface area (Å²) in [5.74, 6) is 1.21. The second-order valence-corrected chi connectivity index (χ2v) is 11.0. The van der Waals surface area contributed by atoms with Gasteiger partial charge in [-0.25, -0.2) is 15.0 Å². The molecule has 0 spiro atoms. The van der Waals surface area contributed by atoms with Crippen LogP contribution in [0.3, 0.4) is 0 Å². The van der Waals surface area contributed by atoms with E-state index in [1.165, 1.54) is 5.56 Å². The summed E-state index contributed by atoms with van der Waals surface area (Å²) in [7, 11) is 3.98. The fourth-order valence-electron chi connectivity index (χ4n) is 5.36. The Morgan fingerprint density at radius 2 is 1.67 bits per heavy atom. The molecule has 4 heterocycles. The molecule has 9 nitrogen and oxygen atoms in total. The van der Waals surface area contributed by atoms with Crippen LogP contribution in [0.1, 0.15) is 5.56 Å². The maximum atomic E-state index is 12.5. The van der Waals surface area contributed by atoms with Gasteiger partial charge < -0.3 is 15.5 Å². The van der Waals surface area contributed by atoms with Gasteiger partial charge >= 0.3 is 0 Å². The average Bonchev–Trinajstić information content (AvgIpc) is 3.41. The minimum absolute atomic E-state index is 0.0903. The Bertz CT molecular complexity index is 1740. The molecule has 0 saturated carbocycles. The molecule has 0 radical (unpaired) electrons. The van der Waals surface area contributed by atoms with Crippen LogP contribution in [0.2, 0.25) is 0 Å². The summed E-state index contributed by atoms with van der Waals surface area (Å²) in [5.41, 5.74) is 12.7. The van der Waals surface area contributed by atoms with E-state index in [0.717, 1.165) is 72.9 Å². The van der Waals surface area contributed by atoms with Crippen molar-refractivity contribution in [3.8, 4) is 28.3 Å². The van der Waals surface area contributed by atoms with E-state index in [-0.39, 0.29) is 5.91 Å². The second kappa shape index (κ2) is 12.6. The number of nitrogens with two attached hydrogens (primary N) is 1. The highest BCUT2D eigenvalue weighted by molar-refractivity contribution is 5.87. The normalized spacial score (nSPS) is 14.3. The largest absolute Gasteiger partial charge is 0.383 e. The molecule has 1 aliphatic rings. The highest BCUT2D eigenvalue weighted by Crippen LogP contribution is 2.31. The molecule has 1 saturated heterocycles. The first-order valence-electron chi connectivity index (χ1n) is 14.5. The lowest BCUT2D eigenvalue weighted by atomic mass is 10.1. The number of aromatic nitrogens is 4. The van der Waals surface area contributed by atoms with E-state index in [1.807, 2.05) is 72.4 Å². The number of carbonyl (C=O) groups is 1. The predicted octanol–water partition coefficient (Wildman–Crippen LogP) is 4.49. The Morgan fingerprint density at radius 3 is 2.40 bits per heavy atom. The number of piperazine rings is 1. The van der Waals surface area contributed by atoms with Crippen molar-refractivity contribution in [1.82, 2.24) is 34.2 Å². The third-order valence-electron chi connectivity index (χ3n) is 7.67. The van der Waals surface area contributed by atoms with Crippen LogP contribution in [0.5, 0.6) is 0 Å². The highest BCUT2D eigenvalue weighted by atomic mass is 16.2. The van der Waals surface area contributed by atoms with Crippen LogP contribution >= 0.6 is 0 Å². The minimum atomic E-state index is 0.0903. The summed E-state index contributed by atoms with van der Waals surface area (Å²) in [6.45, 7) is 4.74. The molecule has 3 aromatic heterocycles. The van der Waals surface area contributed by atoms with E-state index in [2.05, 4.69) is 50.8 Å². The van der Waals surface area contributed by atoms with Crippen LogP contribution in [0.4, 0.5) is 5.82 Å². The van der Waals surface area contributed by atoms with E-state index in [0.29, 0.717) is 11.6 Å². The third-order valence-corrected chi connectivity index (χ3v) is 7.67. The minimum Gasteiger partial charge on any atom is -0.383 e. The summed E-state index contributed by atoms with van der Waals surface area (Å²) >= 11 is 0. The molecule has 9 heteroatoms. The maximum absolute atomic E-state index is 12.5. The number of amides is 1. The number of carbonyl (C=O) groups excluding carboxylic acids is 1. The fourth-order valence-corrected chi connectivity index (χ4v) is 5.36. The monoisotopic (exact) mass is 572 g/mol. The average molecular weight is 573 g/mol. The van der Waals surface area contributed by atoms with Crippen LogP contribution in [0.25, 0.3) is 39.5 Å². The summed E-state index contributed by atoms with van der Waals surface area (Å²) in [6, 6.07) is 26.5. The van der Waals surface area contributed by atoms with E-state index in [9.17, 15) is 4.79 Å². The topological polar surface area (TPSA) is 96.4 Å². The molecule has 2 N–H and O–H groups in total. The van der Waals surface area contributed by atoms with Gasteiger partial charge in [-0.15, -0.1) is 0 Å². The Labute approximate surface area is 251 Å². The summed E-state index contributed by atoms with van der Waals surface area (Å²) in [6.07, 6.45) is 5.30. The first-order chi connectivity index (χ1) is 21.0. The van der Waals surface area contributed by atoms with Crippen molar-refractivity contribution >= 4 is 22.9 Å². The van der Waals surface area contributed by atoms with Gasteiger partial charge in [0.25, 0.3) is 0 Å². The van der Waals surface area contributed by atoms with Crippen LogP contribution in [-0.4, -0.2) is 86.9 Å². The van der Waals surface area contributed by atoms with Gasteiger partial charge in [0, 0.05) is 62.8 Å². The van der Waals surface area contributed by atoms with Crippen LogP contribution < -0.4 is 5.73 Å². The first kappa shape index (κ1) is 28.3. The molecule has 0 bridgehead atoms. The predicted molar refractivity (Wildman–Crippen MR) is 171 cm³/mol. The molecule has 6 rings (SSSR count). The number of nitrogens with zero attached hydrogens (tertiary/aromatic N) is 7. The number of benzene rings is 2. The van der Waals surface area contributed by atoms with Crippen molar-refractivity contribution in [3.63, 3.8) is 0 Å². The van der Waals surface area contributed by atoms with E-state index >= 15 is 0 Å². The van der Waals surface area contributed by atoms with Crippen molar-refractivity contribution in [1.29, 1.82) is 0 Å². The molecule has 43 heavy (non-hydrogen) atoms. The van der Waals surface area contributed by atoms with Crippen LogP contribution in [-0.2, 0) is 11.3 Å². The zero-order valence-corrected chi connectivity index (χ0v) is 24.6. The number of likely N-dealkylation sites (N-methyl/N-ethyl adjacent to an activating group) is 1. The Morgan fingerprint density at radius 1 is 0.907 bits per heavy atom. The van der Waals surface area contributed by atoms with Gasteiger partial charge in [0.15, 0.2) is 11.5 Å². The van der Waals surface area contributed by atoms with Crippen molar-refractivity contribution in [3.05, 3.63) is 103 Å². The summed E-state index contributed by atoms with van der Waals surface area (Å²) in [4.78, 5) is 33.2. The number of pyridine rings is 2. The van der Waals surface area contributed by atoms with Gasteiger partial charge in [0.1, 0.15) is 11.3 Å². The lowest BCUT2D eigenvalue weighted by molar-refractivity contribution is -0.127. The molecule has 0 atom stereocenters. The second-order valence-electron chi connectivity index (χ2n) is 11.0. The van der Waals surface area contributed by atoms with Gasteiger partial charge in [-0.2, -0.15) is 0 Å². The molecule has 1 aliphatic heterocycles. The molecule has 0 unspecified atom stereocenters. The van der Waals surface area contributed by atoms with Crippen LogP contribution in [0, 0.1) is 0 Å². The van der Waals surface area contributed by atoms with Gasteiger partial charge in [-0.3, -0.25) is 14.3 Å². The summed E-state index contributed by atoms with van der Waals surface area (Å²) < 4.78 is 2.06. The number of rotatable bonds is 8. The van der Waals surface area contributed by atoms with Gasteiger partial charge in [-0.05, 0) is 56.1 Å². The molecule has 5 aromatic rings. The number of imidazole rings is 1. The molecule has 1 fully saturated rings. The van der Waals surface area contributed by atoms with Crippen molar-refractivity contribution in [2.24, 2.45) is 0 Å². The van der Waals surface area contributed by atoms with Crippen LogP contribution in [0.15, 0.2) is 97.2 Å². The zero-order chi connectivity index (χ0) is 29.8. The smallest absolute Gasteiger partial charge is 0.246 e. The van der Waals surface area contributed by atoms with Gasteiger partial charge in [-0.1, -0.05) is 48.5 Å². The Balaban J connectivity index is 1.24. The van der Waals surface area contributed by atoms with Crippen molar-refractivity contribution in [2.45, 2.75) is 6.54 Å². The molecule has 0 aliphatic carbocycles. The number of fused-ring (bicyclic) bond motifs is 1. The lowest BCUT2D eigenvalue weighted by Crippen LogP contribution is -2.47. The van der Waals surface area contributed by atoms with Gasteiger partial charge in [0.05, 0.1) is 11.3 Å². The first-order valence-corrected chi connectivity index (χ1v) is 14.5. The quantitative estimate of drug-likeness (QED) is 0.274. The number of hydrogen-bond donors (Lipinski definition) is 1. The Kier molecular flexibility index (Phi) is 8.26. The van der Waals surface area contributed by atoms with Crippen molar-refractivity contribution in [2.75, 3.05) is 52.6 Å². The Hall–Kier alpha value is -4.86. The molecular weight excluding hydrogens is 536 g/mol. The molecule has 2 aromatic carbocycles. The fraction of sp³-hybridized carbons (Fsp3) is 0.235. The van der Waals surface area contributed by atoms with E-state index < -0.39 is 0 Å². The number of anilines is 1. The zero-order valence-electron chi connectivity index (χ0n) is 24.6. The highest BCUT2D eigenvalue weighted by Gasteiger charge is 2.21. The molecule has 1 amide bonds. The SMILES string of the molecule is CN(C)C/C=C/C(=O)N1CCN(Cc2ccc(-n3c(-c4cccnc4N)nc4ccc(-c5ccccc5)nc43)cc2)CC1. The summed E-state index contributed by atoms with van der Waals surface area (Å²) in [5, 5.41) is 0. The van der Waals surface area contributed by atoms with Crippen molar-refractivity contribution < 1.29 is 4.79 Å². The molecule has 218 valence electrons. The van der Waals surface area contributed by atoms with Gasteiger partial charge in [0.2, 0.25) is 5.91 Å². The number of nitrogen functional groups attached to an aromatic ring is 1. The molecular formula is C34H36N8O. The lowest BCUT2D eigenvalue weighted by Gasteiger charge is -2.34. The van der Waals surface area contributed by atoms with E-state index in [1.54, 1.807) is 12.3 Å². The third kappa shape index (κ3) is 6.33. The number of hydrogen-bond acceptors (Lipinski definition) is 7. The maximum Gasteiger partial charge on any atom is 0.246 e. The van der Waals surface area contributed by atoms with E-state index in [4.69, 9.17) is 15.7 Å². The standard InChI is InChI=1S/C34H36N8O/c1-39(2)19-7-11-31(43)41-22-20-40(21-23-41)24-25-12-14-27(15-13-25)42-33(28-10-6-18-36-32(28)35)38-30-17-16-29(37-34(30)42)26-8-4-3-5-9-26/h3-18H,19-24H2,1-2H3,(H2,35,36)/b11-7+.